The van der Waals surface area contributed by atoms with Crippen molar-refractivity contribution >= 4 is 5.96 Å². The lowest BCUT2D eigenvalue weighted by Gasteiger charge is -2.28. The molecule has 0 spiro atoms. The Balaban J connectivity index is 1.91. The van der Waals surface area contributed by atoms with Crippen molar-refractivity contribution in [3.8, 4) is 11.1 Å². The summed E-state index contributed by atoms with van der Waals surface area (Å²) in [7, 11) is 1.91. The summed E-state index contributed by atoms with van der Waals surface area (Å²) in [5.41, 5.74) is 8.69. The summed E-state index contributed by atoms with van der Waals surface area (Å²) in [4.78, 5) is 10.7. The molecule has 1 unspecified atom stereocenters. The van der Waals surface area contributed by atoms with Crippen LogP contribution < -0.4 is 5.73 Å². The highest BCUT2D eigenvalue weighted by Crippen LogP contribution is 2.39. The molecule has 3 aromatic rings. The Morgan fingerprint density at radius 3 is 2.38 bits per heavy atom. The van der Waals surface area contributed by atoms with E-state index in [-0.39, 0.29) is 5.82 Å². The van der Waals surface area contributed by atoms with Gasteiger partial charge in [-0.2, -0.15) is 0 Å². The summed E-state index contributed by atoms with van der Waals surface area (Å²) < 4.78 is 14.5. The predicted octanol–water partition coefficient (Wildman–Crippen LogP) is 3.39. The van der Waals surface area contributed by atoms with Gasteiger partial charge in [0, 0.05) is 25.0 Å². The molecule has 0 radical (unpaired) electrons. The number of guanidine groups is 1. The number of benzene rings is 2. The lowest BCUT2D eigenvalue weighted by atomic mass is 9.82. The minimum Gasteiger partial charge on any atom is -0.370 e. The van der Waals surface area contributed by atoms with Crippen LogP contribution in [0.2, 0.25) is 0 Å². The van der Waals surface area contributed by atoms with Gasteiger partial charge in [0.05, 0.1) is 6.54 Å². The minimum atomic E-state index is -0.657. The molecule has 0 bridgehead atoms. The molecule has 1 atom stereocenters. The average Bonchev–Trinajstić information content (AvgIpc) is 2.99. The number of aliphatic imine (C=N–C) groups is 1. The highest BCUT2D eigenvalue weighted by atomic mass is 19.1. The number of aromatic nitrogens is 1. The number of nitrogens with zero attached hydrogens (tertiary/aromatic N) is 3. The molecule has 0 saturated heterocycles. The molecule has 2 aromatic carbocycles. The summed E-state index contributed by atoms with van der Waals surface area (Å²) in [6.45, 7) is 0.601. The van der Waals surface area contributed by atoms with Crippen LogP contribution in [-0.2, 0) is 5.54 Å². The molecule has 4 rings (SSSR count). The normalized spacial score (nSPS) is 19.5. The molecule has 0 saturated carbocycles. The Morgan fingerprint density at radius 2 is 1.73 bits per heavy atom. The second kappa shape index (κ2) is 6.26. The van der Waals surface area contributed by atoms with Gasteiger partial charge in [0.15, 0.2) is 5.96 Å². The molecule has 2 heterocycles. The van der Waals surface area contributed by atoms with E-state index in [1.807, 2.05) is 48.3 Å². The monoisotopic (exact) mass is 346 g/mol. The number of pyridine rings is 1. The third-order valence-corrected chi connectivity index (χ3v) is 4.85. The van der Waals surface area contributed by atoms with Gasteiger partial charge in [-0.1, -0.05) is 36.4 Å². The topological polar surface area (TPSA) is 54.5 Å². The molecular weight excluding hydrogens is 327 g/mol. The Kier molecular flexibility index (Phi) is 3.92. The number of halogens is 1. The first-order chi connectivity index (χ1) is 12.6. The number of nitrogens with two attached hydrogens (primary N) is 1. The zero-order valence-electron chi connectivity index (χ0n) is 14.4. The van der Waals surface area contributed by atoms with Gasteiger partial charge in [0.1, 0.15) is 11.4 Å². The van der Waals surface area contributed by atoms with E-state index in [0.717, 1.165) is 16.7 Å². The summed E-state index contributed by atoms with van der Waals surface area (Å²) in [5.74, 6) is 0.204. The third kappa shape index (κ3) is 2.62. The van der Waals surface area contributed by atoms with Crippen LogP contribution in [0.15, 0.2) is 78.0 Å². The second-order valence-corrected chi connectivity index (χ2v) is 6.48. The summed E-state index contributed by atoms with van der Waals surface area (Å²) in [6, 6.07) is 18.8. The van der Waals surface area contributed by atoms with Crippen LogP contribution in [0.5, 0.6) is 0 Å². The predicted molar refractivity (Wildman–Crippen MR) is 101 cm³/mol. The highest BCUT2D eigenvalue weighted by molar-refractivity contribution is 5.82. The number of rotatable bonds is 3. The van der Waals surface area contributed by atoms with Crippen molar-refractivity contribution in [3.63, 3.8) is 0 Å². The molecule has 2 N–H and O–H groups in total. The number of hydrogen-bond donors (Lipinski definition) is 1. The molecule has 4 nitrogen and oxygen atoms in total. The molecule has 0 amide bonds. The van der Waals surface area contributed by atoms with Crippen LogP contribution in [-0.4, -0.2) is 29.4 Å². The Hall–Kier alpha value is -3.21. The van der Waals surface area contributed by atoms with Gasteiger partial charge >= 0.3 is 0 Å². The van der Waals surface area contributed by atoms with E-state index >= 15 is 0 Å². The molecule has 26 heavy (non-hydrogen) atoms. The van der Waals surface area contributed by atoms with Gasteiger partial charge < -0.3 is 10.6 Å². The van der Waals surface area contributed by atoms with Gasteiger partial charge in [0.25, 0.3) is 0 Å². The maximum Gasteiger partial charge on any atom is 0.192 e. The van der Waals surface area contributed by atoms with E-state index in [2.05, 4.69) is 4.98 Å². The Bertz CT molecular complexity index is 956. The quantitative estimate of drug-likeness (QED) is 0.791. The molecule has 0 fully saturated rings. The fourth-order valence-electron chi connectivity index (χ4n) is 3.47. The first kappa shape index (κ1) is 16.3. The molecular formula is C21H19FN4. The van der Waals surface area contributed by atoms with Crippen molar-refractivity contribution in [1.82, 2.24) is 9.88 Å². The van der Waals surface area contributed by atoms with Crippen molar-refractivity contribution in [2.45, 2.75) is 5.54 Å². The van der Waals surface area contributed by atoms with Crippen LogP contribution >= 0.6 is 0 Å². The zero-order valence-corrected chi connectivity index (χ0v) is 14.4. The van der Waals surface area contributed by atoms with E-state index in [1.165, 1.54) is 6.07 Å². The maximum absolute atomic E-state index is 14.5. The van der Waals surface area contributed by atoms with E-state index in [1.54, 1.807) is 30.6 Å². The van der Waals surface area contributed by atoms with Crippen molar-refractivity contribution in [2.75, 3.05) is 13.6 Å². The van der Waals surface area contributed by atoms with Gasteiger partial charge in [0.2, 0.25) is 0 Å². The minimum absolute atomic E-state index is 0.272. The molecule has 0 aliphatic carbocycles. The summed E-state index contributed by atoms with van der Waals surface area (Å²) in [5, 5.41) is 0. The van der Waals surface area contributed by atoms with Crippen molar-refractivity contribution < 1.29 is 4.39 Å². The fraction of sp³-hybridized carbons (Fsp3) is 0.143. The smallest absolute Gasteiger partial charge is 0.192 e. The van der Waals surface area contributed by atoms with Crippen LogP contribution in [0.25, 0.3) is 11.1 Å². The molecule has 1 aliphatic rings. The zero-order chi connectivity index (χ0) is 18.1. The van der Waals surface area contributed by atoms with E-state index in [4.69, 9.17) is 10.7 Å². The number of hydrogen-bond acceptors (Lipinski definition) is 4. The third-order valence-electron chi connectivity index (χ3n) is 4.85. The van der Waals surface area contributed by atoms with Gasteiger partial charge in [-0.05, 0) is 41.0 Å². The SMILES string of the molecule is CN1CC(c2ccccc2)(c2ccc(F)c(-c3ccncc3)c2)N=C1N. The average molecular weight is 346 g/mol. The fourth-order valence-corrected chi connectivity index (χ4v) is 3.47. The molecule has 130 valence electrons. The van der Waals surface area contributed by atoms with Crippen molar-refractivity contribution in [1.29, 1.82) is 0 Å². The second-order valence-electron chi connectivity index (χ2n) is 6.48. The van der Waals surface area contributed by atoms with Crippen LogP contribution in [0.3, 0.4) is 0 Å². The Labute approximate surface area is 151 Å². The first-order valence-electron chi connectivity index (χ1n) is 8.42. The van der Waals surface area contributed by atoms with Crippen LogP contribution in [0.1, 0.15) is 11.1 Å². The highest BCUT2D eigenvalue weighted by Gasteiger charge is 2.41. The molecule has 1 aromatic heterocycles. The van der Waals surface area contributed by atoms with Crippen molar-refractivity contribution in [2.24, 2.45) is 10.7 Å². The number of likely N-dealkylation sites (N-methyl/N-ethyl adjacent to an activating group) is 1. The summed E-state index contributed by atoms with van der Waals surface area (Å²) in [6.07, 6.45) is 3.32. The first-order valence-corrected chi connectivity index (χ1v) is 8.42. The van der Waals surface area contributed by atoms with E-state index < -0.39 is 5.54 Å². The standard InChI is InChI=1S/C21H19FN4/c1-26-14-21(25-20(26)23,16-5-3-2-4-6-16)17-7-8-19(22)18(13-17)15-9-11-24-12-10-15/h2-13H,14H2,1H3,(H2,23,25). The molecule has 1 aliphatic heterocycles. The van der Waals surface area contributed by atoms with Gasteiger partial charge in [-0.25, -0.2) is 9.38 Å². The maximum atomic E-state index is 14.5. The van der Waals surface area contributed by atoms with Gasteiger partial charge in [-0.15, -0.1) is 0 Å². The van der Waals surface area contributed by atoms with Crippen LogP contribution in [0, 0.1) is 5.82 Å². The van der Waals surface area contributed by atoms with E-state index in [0.29, 0.717) is 18.1 Å². The van der Waals surface area contributed by atoms with E-state index in [9.17, 15) is 4.39 Å². The Morgan fingerprint density at radius 1 is 1.00 bits per heavy atom. The lowest BCUT2D eigenvalue weighted by Crippen LogP contribution is -2.34. The lowest BCUT2D eigenvalue weighted by molar-refractivity contribution is 0.432. The molecule has 5 heteroatoms. The largest absolute Gasteiger partial charge is 0.370 e. The summed E-state index contributed by atoms with van der Waals surface area (Å²) >= 11 is 0. The van der Waals surface area contributed by atoms with Crippen LogP contribution in [0.4, 0.5) is 4.39 Å². The van der Waals surface area contributed by atoms with Gasteiger partial charge in [-0.3, -0.25) is 4.98 Å². The van der Waals surface area contributed by atoms with Crippen molar-refractivity contribution in [3.05, 3.63) is 90.0 Å².